The highest BCUT2D eigenvalue weighted by Crippen LogP contribution is 2.30. The number of nitrogens with one attached hydrogen (secondary N) is 1. The molecule has 1 saturated carbocycles. The lowest BCUT2D eigenvalue weighted by Crippen LogP contribution is -2.30. The highest BCUT2D eigenvalue weighted by atomic mass is 15.0. The quantitative estimate of drug-likeness (QED) is 0.830. The van der Waals surface area contributed by atoms with Gasteiger partial charge in [0.1, 0.15) is 11.6 Å². The molecular formula is C13H21N3. The SMILES string of the molecule is Cc1nccc(NC2CCC(C)C(C)C2)n1. The topological polar surface area (TPSA) is 37.8 Å². The van der Waals surface area contributed by atoms with Gasteiger partial charge in [0.15, 0.2) is 0 Å². The van der Waals surface area contributed by atoms with Crippen LogP contribution in [0.4, 0.5) is 5.82 Å². The van der Waals surface area contributed by atoms with E-state index in [2.05, 4.69) is 29.1 Å². The van der Waals surface area contributed by atoms with Gasteiger partial charge in [0, 0.05) is 12.2 Å². The summed E-state index contributed by atoms with van der Waals surface area (Å²) in [7, 11) is 0. The maximum atomic E-state index is 4.39. The molecule has 0 aromatic carbocycles. The first-order chi connectivity index (χ1) is 7.65. The van der Waals surface area contributed by atoms with Crippen molar-refractivity contribution in [2.24, 2.45) is 11.8 Å². The molecule has 0 bridgehead atoms. The standard InChI is InChI=1S/C13H21N3/c1-9-4-5-12(8-10(9)2)16-13-6-7-14-11(3)15-13/h6-7,9-10,12H,4-5,8H2,1-3H3,(H,14,15,16). The van der Waals surface area contributed by atoms with Crippen LogP contribution in [0.1, 0.15) is 38.9 Å². The monoisotopic (exact) mass is 219 g/mol. The molecule has 2 rings (SSSR count). The molecule has 0 saturated heterocycles. The fourth-order valence-electron chi connectivity index (χ4n) is 2.42. The Balaban J connectivity index is 1.95. The molecule has 0 amide bonds. The van der Waals surface area contributed by atoms with Crippen LogP contribution in [-0.4, -0.2) is 16.0 Å². The fourth-order valence-corrected chi connectivity index (χ4v) is 2.42. The van der Waals surface area contributed by atoms with E-state index in [-0.39, 0.29) is 0 Å². The molecule has 1 aliphatic rings. The van der Waals surface area contributed by atoms with Crippen LogP contribution in [-0.2, 0) is 0 Å². The maximum Gasteiger partial charge on any atom is 0.129 e. The predicted octanol–water partition coefficient (Wildman–Crippen LogP) is 3.02. The molecule has 0 aliphatic heterocycles. The van der Waals surface area contributed by atoms with Gasteiger partial charge in [-0.3, -0.25) is 0 Å². The van der Waals surface area contributed by atoms with E-state index in [4.69, 9.17) is 0 Å². The molecule has 0 spiro atoms. The van der Waals surface area contributed by atoms with Gasteiger partial charge in [0.2, 0.25) is 0 Å². The molecule has 3 atom stereocenters. The zero-order valence-electron chi connectivity index (χ0n) is 10.4. The number of nitrogens with zero attached hydrogens (tertiary/aromatic N) is 2. The Hall–Kier alpha value is -1.12. The Kier molecular flexibility index (Phi) is 3.42. The van der Waals surface area contributed by atoms with E-state index in [1.54, 1.807) is 0 Å². The Morgan fingerprint density at radius 3 is 2.75 bits per heavy atom. The van der Waals surface area contributed by atoms with Crippen molar-refractivity contribution < 1.29 is 0 Å². The third-order valence-electron chi connectivity index (χ3n) is 3.73. The number of anilines is 1. The highest BCUT2D eigenvalue weighted by Gasteiger charge is 2.24. The summed E-state index contributed by atoms with van der Waals surface area (Å²) in [5, 5.41) is 3.52. The highest BCUT2D eigenvalue weighted by molar-refractivity contribution is 5.34. The zero-order valence-corrected chi connectivity index (χ0v) is 10.4. The van der Waals surface area contributed by atoms with Crippen LogP contribution in [0.15, 0.2) is 12.3 Å². The van der Waals surface area contributed by atoms with Crippen LogP contribution >= 0.6 is 0 Å². The van der Waals surface area contributed by atoms with Crippen LogP contribution in [0.5, 0.6) is 0 Å². The van der Waals surface area contributed by atoms with E-state index in [1.165, 1.54) is 19.3 Å². The molecule has 3 unspecified atom stereocenters. The van der Waals surface area contributed by atoms with Gasteiger partial charge < -0.3 is 5.32 Å². The van der Waals surface area contributed by atoms with Gasteiger partial charge >= 0.3 is 0 Å². The lowest BCUT2D eigenvalue weighted by molar-refractivity contribution is 0.260. The summed E-state index contributed by atoms with van der Waals surface area (Å²) >= 11 is 0. The normalized spacial score (nSPS) is 30.1. The minimum absolute atomic E-state index is 0.584. The van der Waals surface area contributed by atoms with Crippen LogP contribution in [0.3, 0.4) is 0 Å². The van der Waals surface area contributed by atoms with Gasteiger partial charge in [-0.05, 0) is 44.1 Å². The lowest BCUT2D eigenvalue weighted by Gasteiger charge is -2.32. The summed E-state index contributed by atoms with van der Waals surface area (Å²) in [6.45, 7) is 6.64. The smallest absolute Gasteiger partial charge is 0.129 e. The molecule has 1 aliphatic carbocycles. The average molecular weight is 219 g/mol. The molecule has 88 valence electrons. The Morgan fingerprint density at radius 1 is 1.25 bits per heavy atom. The Labute approximate surface area is 97.7 Å². The average Bonchev–Trinajstić information content (AvgIpc) is 2.24. The second-order valence-corrected chi connectivity index (χ2v) is 5.10. The van der Waals surface area contributed by atoms with E-state index >= 15 is 0 Å². The second kappa shape index (κ2) is 4.81. The molecule has 1 fully saturated rings. The van der Waals surface area contributed by atoms with Gasteiger partial charge in [-0.15, -0.1) is 0 Å². The third kappa shape index (κ3) is 2.71. The van der Waals surface area contributed by atoms with Crippen molar-refractivity contribution in [3.05, 3.63) is 18.1 Å². The minimum atomic E-state index is 0.584. The molecule has 1 N–H and O–H groups in total. The summed E-state index contributed by atoms with van der Waals surface area (Å²) in [5.41, 5.74) is 0. The Bertz CT molecular complexity index is 351. The molecule has 1 heterocycles. The van der Waals surface area contributed by atoms with Crippen LogP contribution in [0.2, 0.25) is 0 Å². The molecule has 0 radical (unpaired) electrons. The predicted molar refractivity (Wildman–Crippen MR) is 66.4 cm³/mol. The van der Waals surface area contributed by atoms with Crippen molar-refractivity contribution in [3.63, 3.8) is 0 Å². The summed E-state index contributed by atoms with van der Waals surface area (Å²) in [4.78, 5) is 8.50. The second-order valence-electron chi connectivity index (χ2n) is 5.10. The molecule has 16 heavy (non-hydrogen) atoms. The van der Waals surface area contributed by atoms with Crippen molar-refractivity contribution in [1.29, 1.82) is 0 Å². The molecule has 3 heteroatoms. The van der Waals surface area contributed by atoms with Crippen molar-refractivity contribution in [1.82, 2.24) is 9.97 Å². The number of hydrogen-bond acceptors (Lipinski definition) is 3. The maximum absolute atomic E-state index is 4.39. The van der Waals surface area contributed by atoms with Gasteiger partial charge in [-0.2, -0.15) is 0 Å². The van der Waals surface area contributed by atoms with Crippen LogP contribution in [0, 0.1) is 18.8 Å². The van der Waals surface area contributed by atoms with E-state index in [9.17, 15) is 0 Å². The van der Waals surface area contributed by atoms with Gasteiger partial charge in [-0.25, -0.2) is 9.97 Å². The number of aromatic nitrogens is 2. The van der Waals surface area contributed by atoms with Gasteiger partial charge in [0.25, 0.3) is 0 Å². The number of hydrogen-bond donors (Lipinski definition) is 1. The third-order valence-corrected chi connectivity index (χ3v) is 3.73. The van der Waals surface area contributed by atoms with Gasteiger partial charge in [-0.1, -0.05) is 13.8 Å². The van der Waals surface area contributed by atoms with E-state index in [1.807, 2.05) is 19.2 Å². The summed E-state index contributed by atoms with van der Waals surface area (Å²) in [5.74, 6) is 3.49. The molecular weight excluding hydrogens is 198 g/mol. The van der Waals surface area contributed by atoms with E-state index in [0.717, 1.165) is 23.5 Å². The lowest BCUT2D eigenvalue weighted by atomic mass is 9.79. The number of rotatable bonds is 2. The first-order valence-electron chi connectivity index (χ1n) is 6.21. The van der Waals surface area contributed by atoms with E-state index in [0.29, 0.717) is 6.04 Å². The van der Waals surface area contributed by atoms with Crippen molar-refractivity contribution >= 4 is 5.82 Å². The molecule has 1 aromatic heterocycles. The van der Waals surface area contributed by atoms with Crippen LogP contribution < -0.4 is 5.32 Å². The van der Waals surface area contributed by atoms with Gasteiger partial charge in [0.05, 0.1) is 0 Å². The summed E-state index contributed by atoms with van der Waals surface area (Å²) in [6.07, 6.45) is 5.65. The van der Waals surface area contributed by atoms with Crippen LogP contribution in [0.25, 0.3) is 0 Å². The largest absolute Gasteiger partial charge is 0.367 e. The molecule has 1 aromatic rings. The minimum Gasteiger partial charge on any atom is -0.367 e. The number of aryl methyl sites for hydroxylation is 1. The van der Waals surface area contributed by atoms with Crippen molar-refractivity contribution in [3.8, 4) is 0 Å². The summed E-state index contributed by atoms with van der Waals surface area (Å²) < 4.78 is 0. The zero-order chi connectivity index (χ0) is 11.5. The first-order valence-corrected chi connectivity index (χ1v) is 6.21. The molecule has 3 nitrogen and oxygen atoms in total. The Morgan fingerprint density at radius 2 is 2.06 bits per heavy atom. The van der Waals surface area contributed by atoms with Crippen molar-refractivity contribution in [2.75, 3.05) is 5.32 Å². The van der Waals surface area contributed by atoms with Crippen molar-refractivity contribution in [2.45, 2.75) is 46.1 Å². The first kappa shape index (κ1) is 11.4. The fraction of sp³-hybridized carbons (Fsp3) is 0.692. The summed E-state index contributed by atoms with van der Waals surface area (Å²) in [6, 6.07) is 2.54. The van der Waals surface area contributed by atoms with E-state index < -0.39 is 0 Å².